The highest BCUT2D eigenvalue weighted by atomic mass is 79.9. The van der Waals surface area contributed by atoms with E-state index in [1.807, 2.05) is 0 Å². The van der Waals surface area contributed by atoms with Crippen LogP contribution in [0.25, 0.3) is 0 Å². The Kier molecular flexibility index (Phi) is 4.58. The summed E-state index contributed by atoms with van der Waals surface area (Å²) in [4.78, 5) is 11.2. The van der Waals surface area contributed by atoms with Gasteiger partial charge >= 0.3 is 5.97 Å². The normalized spacial score (nSPS) is 12.8. The molecule has 3 N–H and O–H groups in total. The van der Waals surface area contributed by atoms with E-state index in [2.05, 4.69) is 25.4 Å². The van der Waals surface area contributed by atoms with E-state index in [0.29, 0.717) is 10.2 Å². The number of esters is 1. The van der Waals surface area contributed by atoms with Crippen LogP contribution in [0.15, 0.2) is 22.7 Å². The molecule has 1 atom stereocenters. The second-order valence-electron chi connectivity index (χ2n) is 3.55. The zero-order valence-corrected chi connectivity index (χ0v) is 12.2. The highest BCUT2D eigenvalue weighted by molar-refractivity contribution is 9.10. The molecule has 1 unspecified atom stereocenters. The first-order chi connectivity index (χ1) is 8.27. The molecule has 1 rings (SSSR count). The van der Waals surface area contributed by atoms with Crippen molar-refractivity contribution < 1.29 is 17.9 Å². The molecular weight excluding hydrogens is 324 g/mol. The quantitative estimate of drug-likeness (QED) is 0.638. The number of benzene rings is 1. The minimum absolute atomic E-state index is 0.269. The maximum absolute atomic E-state index is 11.9. The molecule has 0 amide bonds. The molecule has 1 aromatic rings. The highest BCUT2D eigenvalue weighted by Crippen LogP contribution is 2.26. The van der Waals surface area contributed by atoms with Crippen molar-refractivity contribution >= 4 is 43.3 Å². The molecule has 18 heavy (non-hydrogen) atoms. The lowest BCUT2D eigenvalue weighted by molar-refractivity contribution is -0.139. The molecule has 0 aliphatic heterocycles. The second-order valence-corrected chi connectivity index (χ2v) is 6.41. The van der Waals surface area contributed by atoms with Crippen LogP contribution < -0.4 is 10.5 Å². The van der Waals surface area contributed by atoms with Crippen LogP contribution in [-0.4, -0.2) is 26.7 Å². The van der Waals surface area contributed by atoms with Crippen LogP contribution in [0.3, 0.4) is 0 Å². The van der Waals surface area contributed by atoms with Crippen LogP contribution in [0.2, 0.25) is 0 Å². The Morgan fingerprint density at radius 1 is 1.50 bits per heavy atom. The van der Waals surface area contributed by atoms with Gasteiger partial charge in [0.05, 0.1) is 12.8 Å². The maximum atomic E-state index is 11.9. The number of nitrogen functional groups attached to an aromatic ring is 1. The van der Waals surface area contributed by atoms with Crippen LogP contribution in [0.1, 0.15) is 6.92 Å². The predicted octanol–water partition coefficient (Wildman–Crippen LogP) is 1.33. The summed E-state index contributed by atoms with van der Waals surface area (Å²) in [6.07, 6.45) is 0. The topological polar surface area (TPSA) is 98.5 Å². The van der Waals surface area contributed by atoms with E-state index in [1.54, 1.807) is 12.1 Å². The molecule has 100 valence electrons. The van der Waals surface area contributed by atoms with Gasteiger partial charge in [0.1, 0.15) is 0 Å². The number of anilines is 2. The SMILES string of the molecule is COC(=O)C(C)S(=O)(=O)Nc1cc(N)ccc1Br. The zero-order chi connectivity index (χ0) is 13.9. The maximum Gasteiger partial charge on any atom is 0.325 e. The molecule has 0 aromatic heterocycles. The highest BCUT2D eigenvalue weighted by Gasteiger charge is 2.29. The van der Waals surface area contributed by atoms with Crippen molar-refractivity contribution in [1.82, 2.24) is 0 Å². The lowest BCUT2D eigenvalue weighted by Gasteiger charge is -2.14. The summed E-state index contributed by atoms with van der Waals surface area (Å²) in [5.74, 6) is -0.831. The summed E-state index contributed by atoms with van der Waals surface area (Å²) in [5, 5.41) is -1.31. The third kappa shape index (κ3) is 3.36. The molecule has 0 radical (unpaired) electrons. The number of carbonyl (C=O) groups excluding carboxylic acids is 1. The molecule has 6 nitrogen and oxygen atoms in total. The van der Waals surface area contributed by atoms with E-state index in [4.69, 9.17) is 5.73 Å². The Balaban J connectivity index is 3.02. The van der Waals surface area contributed by atoms with E-state index in [9.17, 15) is 13.2 Å². The minimum atomic E-state index is -3.87. The largest absolute Gasteiger partial charge is 0.468 e. The van der Waals surface area contributed by atoms with E-state index in [0.717, 1.165) is 7.11 Å². The van der Waals surface area contributed by atoms with Gasteiger partial charge in [-0.15, -0.1) is 0 Å². The molecule has 0 fully saturated rings. The van der Waals surface area contributed by atoms with Gasteiger partial charge in [-0.25, -0.2) is 8.42 Å². The van der Waals surface area contributed by atoms with Crippen LogP contribution in [0.5, 0.6) is 0 Å². The van der Waals surface area contributed by atoms with Crippen molar-refractivity contribution in [2.45, 2.75) is 12.2 Å². The first kappa shape index (κ1) is 14.8. The number of ether oxygens (including phenoxy) is 1. The standard InChI is InChI=1S/C10H13BrN2O4S/c1-6(10(14)17-2)18(15,16)13-9-5-7(12)3-4-8(9)11/h3-6,13H,12H2,1-2H3. The van der Waals surface area contributed by atoms with Gasteiger partial charge in [0.2, 0.25) is 10.0 Å². The van der Waals surface area contributed by atoms with Crippen LogP contribution in [0, 0.1) is 0 Å². The van der Waals surface area contributed by atoms with Crippen LogP contribution >= 0.6 is 15.9 Å². The molecular formula is C10H13BrN2O4S. The molecule has 0 aliphatic carbocycles. The molecule has 0 bridgehead atoms. The van der Waals surface area contributed by atoms with Crippen molar-refractivity contribution in [2.75, 3.05) is 17.6 Å². The van der Waals surface area contributed by atoms with E-state index in [-0.39, 0.29) is 5.69 Å². The summed E-state index contributed by atoms with van der Waals surface area (Å²) < 4.78 is 31.0. The molecule has 0 saturated carbocycles. The van der Waals surface area contributed by atoms with Gasteiger partial charge in [-0.05, 0) is 41.1 Å². The Bertz CT molecular complexity index is 559. The van der Waals surface area contributed by atoms with Gasteiger partial charge in [-0.3, -0.25) is 9.52 Å². The number of hydrogen-bond donors (Lipinski definition) is 2. The number of nitrogens with one attached hydrogen (secondary N) is 1. The fourth-order valence-corrected chi connectivity index (χ4v) is 2.63. The Labute approximate surface area is 114 Å². The second kappa shape index (κ2) is 5.57. The van der Waals surface area contributed by atoms with Crippen molar-refractivity contribution in [3.63, 3.8) is 0 Å². The number of nitrogens with two attached hydrogens (primary N) is 1. The van der Waals surface area contributed by atoms with Crippen LogP contribution in [0.4, 0.5) is 11.4 Å². The Morgan fingerprint density at radius 2 is 2.11 bits per heavy atom. The number of sulfonamides is 1. The Morgan fingerprint density at radius 3 is 2.67 bits per heavy atom. The predicted molar refractivity (Wildman–Crippen MR) is 72.6 cm³/mol. The zero-order valence-electron chi connectivity index (χ0n) is 9.81. The first-order valence-electron chi connectivity index (χ1n) is 4.92. The van der Waals surface area contributed by atoms with Gasteiger partial charge in [0, 0.05) is 10.2 Å². The summed E-state index contributed by atoms with van der Waals surface area (Å²) in [6, 6.07) is 4.67. The third-order valence-corrected chi connectivity index (χ3v) is 4.56. The smallest absolute Gasteiger partial charge is 0.325 e. The van der Waals surface area contributed by atoms with Crippen molar-refractivity contribution in [1.29, 1.82) is 0 Å². The molecule has 0 aliphatic rings. The molecule has 0 saturated heterocycles. The van der Waals surface area contributed by atoms with Gasteiger partial charge in [0.25, 0.3) is 0 Å². The number of halogens is 1. The van der Waals surface area contributed by atoms with Crippen molar-refractivity contribution in [2.24, 2.45) is 0 Å². The molecule has 1 aromatic carbocycles. The molecule has 8 heteroatoms. The van der Waals surface area contributed by atoms with Crippen molar-refractivity contribution in [3.8, 4) is 0 Å². The third-order valence-electron chi connectivity index (χ3n) is 2.24. The Hall–Kier alpha value is -1.28. The summed E-state index contributed by atoms with van der Waals surface area (Å²) in [5.41, 5.74) is 6.23. The lowest BCUT2D eigenvalue weighted by atomic mass is 10.3. The monoisotopic (exact) mass is 336 g/mol. The van der Waals surface area contributed by atoms with Gasteiger partial charge < -0.3 is 10.5 Å². The average Bonchev–Trinajstić information content (AvgIpc) is 2.31. The average molecular weight is 337 g/mol. The van der Waals surface area contributed by atoms with Gasteiger partial charge in [0.15, 0.2) is 5.25 Å². The number of hydrogen-bond acceptors (Lipinski definition) is 5. The van der Waals surface area contributed by atoms with E-state index in [1.165, 1.54) is 13.0 Å². The van der Waals surface area contributed by atoms with Gasteiger partial charge in [-0.1, -0.05) is 0 Å². The number of rotatable bonds is 4. The van der Waals surface area contributed by atoms with Gasteiger partial charge in [-0.2, -0.15) is 0 Å². The summed E-state index contributed by atoms with van der Waals surface area (Å²) in [7, 11) is -2.74. The van der Waals surface area contributed by atoms with E-state index >= 15 is 0 Å². The summed E-state index contributed by atoms with van der Waals surface area (Å²) in [6.45, 7) is 1.24. The lowest BCUT2D eigenvalue weighted by Crippen LogP contribution is -2.33. The minimum Gasteiger partial charge on any atom is -0.468 e. The van der Waals surface area contributed by atoms with E-state index < -0.39 is 21.2 Å². The molecule has 0 heterocycles. The van der Waals surface area contributed by atoms with Crippen LogP contribution in [-0.2, 0) is 19.6 Å². The van der Waals surface area contributed by atoms with Crippen molar-refractivity contribution in [3.05, 3.63) is 22.7 Å². The fraction of sp³-hybridized carbons (Fsp3) is 0.300. The first-order valence-corrected chi connectivity index (χ1v) is 7.26. The molecule has 0 spiro atoms. The number of methoxy groups -OCH3 is 1. The summed E-state index contributed by atoms with van der Waals surface area (Å²) >= 11 is 3.19. The fourth-order valence-electron chi connectivity index (χ4n) is 1.16. The number of carbonyl (C=O) groups is 1.